The highest BCUT2D eigenvalue weighted by molar-refractivity contribution is 6.15. The molecule has 0 aliphatic carbocycles. The van der Waals surface area contributed by atoms with Crippen molar-refractivity contribution in [3.63, 3.8) is 0 Å². The largest absolute Gasteiger partial charge is 0.504 e. The first-order chi connectivity index (χ1) is 16.6. The molecule has 0 bridgehead atoms. The average molecular weight is 490 g/mol. The summed E-state index contributed by atoms with van der Waals surface area (Å²) in [6.07, 6.45) is -6.53. The molecule has 186 valence electrons. The Morgan fingerprint density at radius 2 is 1.77 bits per heavy atom. The first-order valence-electron chi connectivity index (χ1n) is 10.4. The van der Waals surface area contributed by atoms with Crippen LogP contribution in [0.5, 0.6) is 28.7 Å². The number of fused-ring (bicyclic) bond motifs is 1. The van der Waals surface area contributed by atoms with E-state index in [0.717, 1.165) is 6.92 Å². The lowest BCUT2D eigenvalue weighted by Gasteiger charge is -2.39. The molecule has 5 atom stereocenters. The molecule has 1 saturated heterocycles. The van der Waals surface area contributed by atoms with Crippen LogP contribution in [0, 0.1) is 0 Å². The van der Waals surface area contributed by atoms with Gasteiger partial charge in [0, 0.05) is 6.92 Å². The summed E-state index contributed by atoms with van der Waals surface area (Å²) in [5.74, 6) is -3.22. The lowest BCUT2D eigenvalue weighted by atomic mass is 9.99. The Balaban J connectivity index is 1.55. The topological polar surface area (TPSA) is 192 Å². The number of hydrogen-bond donors (Lipinski definition) is 6. The van der Waals surface area contributed by atoms with Crippen LogP contribution in [0.15, 0.2) is 36.1 Å². The van der Waals surface area contributed by atoms with Crippen LogP contribution in [-0.4, -0.2) is 79.7 Å². The molecule has 0 radical (unpaired) electrons. The molecule has 0 spiro atoms. The number of benzene rings is 2. The number of carbonyl (C=O) groups is 2. The van der Waals surface area contributed by atoms with Crippen molar-refractivity contribution in [2.75, 3.05) is 6.61 Å². The lowest BCUT2D eigenvalue weighted by Crippen LogP contribution is -2.60. The van der Waals surface area contributed by atoms with Gasteiger partial charge < -0.3 is 49.6 Å². The number of phenols is 3. The van der Waals surface area contributed by atoms with E-state index in [9.17, 15) is 40.2 Å². The molecule has 2 aromatic carbocycles. The van der Waals surface area contributed by atoms with E-state index >= 15 is 0 Å². The molecule has 6 N–H and O–H groups in total. The van der Waals surface area contributed by atoms with Crippen LogP contribution in [0.4, 0.5) is 0 Å². The minimum atomic E-state index is -1.73. The quantitative estimate of drug-likeness (QED) is 0.189. The molecule has 0 aromatic heterocycles. The molecule has 2 aliphatic heterocycles. The highest BCUT2D eigenvalue weighted by atomic mass is 16.7. The van der Waals surface area contributed by atoms with E-state index in [2.05, 4.69) is 0 Å². The number of ether oxygens (including phenoxy) is 4. The van der Waals surface area contributed by atoms with E-state index in [0.29, 0.717) is 5.56 Å². The Hall–Kier alpha value is -3.84. The smallest absolute Gasteiger partial charge is 0.302 e. The second-order valence-corrected chi connectivity index (χ2v) is 7.91. The van der Waals surface area contributed by atoms with Crippen molar-refractivity contribution < 1.29 is 59.2 Å². The van der Waals surface area contributed by atoms with Gasteiger partial charge in [-0.3, -0.25) is 9.59 Å². The molecule has 0 saturated carbocycles. The molecule has 2 heterocycles. The predicted octanol–water partition coefficient (Wildman–Crippen LogP) is 0.169. The number of carbonyl (C=O) groups excluding carboxylic acids is 2. The van der Waals surface area contributed by atoms with Crippen molar-refractivity contribution in [2.24, 2.45) is 0 Å². The second-order valence-electron chi connectivity index (χ2n) is 7.91. The third kappa shape index (κ3) is 4.72. The molecule has 12 nitrogen and oxygen atoms in total. The summed E-state index contributed by atoms with van der Waals surface area (Å²) in [6.45, 7) is 0.723. The molecule has 35 heavy (non-hydrogen) atoms. The van der Waals surface area contributed by atoms with Crippen molar-refractivity contribution in [1.82, 2.24) is 0 Å². The number of rotatable bonds is 5. The molecule has 5 unspecified atom stereocenters. The van der Waals surface area contributed by atoms with Crippen LogP contribution in [0.1, 0.15) is 22.8 Å². The third-order valence-corrected chi connectivity index (χ3v) is 5.43. The second kappa shape index (κ2) is 9.43. The van der Waals surface area contributed by atoms with Crippen molar-refractivity contribution in [3.05, 3.63) is 47.2 Å². The van der Waals surface area contributed by atoms with Crippen molar-refractivity contribution in [3.8, 4) is 28.7 Å². The zero-order valence-electron chi connectivity index (χ0n) is 18.2. The monoisotopic (exact) mass is 490 g/mol. The van der Waals surface area contributed by atoms with Gasteiger partial charge in [-0.15, -0.1) is 0 Å². The van der Waals surface area contributed by atoms with Crippen molar-refractivity contribution >= 4 is 17.8 Å². The Morgan fingerprint density at radius 1 is 1.03 bits per heavy atom. The Bertz CT molecular complexity index is 1190. The number of aliphatic hydroxyl groups excluding tert-OH is 3. The van der Waals surface area contributed by atoms with Gasteiger partial charge in [0.1, 0.15) is 31.0 Å². The fourth-order valence-electron chi connectivity index (χ4n) is 3.57. The number of hydrogen-bond acceptors (Lipinski definition) is 12. The predicted molar refractivity (Wildman–Crippen MR) is 115 cm³/mol. The van der Waals surface area contributed by atoms with Crippen LogP contribution in [-0.2, 0) is 14.3 Å². The minimum absolute atomic E-state index is 0.0115. The number of allylic oxidation sites excluding steroid dienone is 1. The molecule has 1 fully saturated rings. The molecular formula is C23H22O12. The molecular weight excluding hydrogens is 468 g/mol. The van der Waals surface area contributed by atoms with Crippen molar-refractivity contribution in [1.29, 1.82) is 0 Å². The average Bonchev–Trinajstić information content (AvgIpc) is 3.13. The van der Waals surface area contributed by atoms with Crippen molar-refractivity contribution in [2.45, 2.75) is 37.6 Å². The minimum Gasteiger partial charge on any atom is -0.504 e. The van der Waals surface area contributed by atoms with Gasteiger partial charge in [-0.05, 0) is 35.9 Å². The van der Waals surface area contributed by atoms with E-state index in [-0.39, 0.29) is 28.6 Å². The zero-order chi connectivity index (χ0) is 25.4. The summed E-state index contributed by atoms with van der Waals surface area (Å²) in [6, 6.07) is 6.40. The Kier molecular flexibility index (Phi) is 6.54. The summed E-state index contributed by atoms with van der Waals surface area (Å²) in [5.41, 5.74) is 0.356. The molecule has 4 rings (SSSR count). The number of Topliss-reactive ketones (excluding diaryl/α,β-unsaturated/α-hetero) is 1. The van der Waals surface area contributed by atoms with E-state index in [1.165, 1.54) is 36.4 Å². The Labute approximate surface area is 197 Å². The van der Waals surface area contributed by atoms with Crippen LogP contribution in [0.25, 0.3) is 6.08 Å². The summed E-state index contributed by atoms with van der Waals surface area (Å²) >= 11 is 0. The molecule has 12 heteroatoms. The fraction of sp³-hybridized carbons (Fsp3) is 0.304. The first kappa shape index (κ1) is 24.3. The van der Waals surface area contributed by atoms with Crippen LogP contribution >= 0.6 is 0 Å². The van der Waals surface area contributed by atoms with E-state index in [4.69, 9.17) is 18.9 Å². The summed E-state index contributed by atoms with van der Waals surface area (Å²) in [5, 5.41) is 60.2. The van der Waals surface area contributed by atoms with Gasteiger partial charge in [0.05, 0.1) is 5.56 Å². The summed E-state index contributed by atoms with van der Waals surface area (Å²) in [7, 11) is 0. The third-order valence-electron chi connectivity index (χ3n) is 5.43. The van der Waals surface area contributed by atoms with Crippen LogP contribution in [0.2, 0.25) is 0 Å². The maximum atomic E-state index is 12.7. The highest BCUT2D eigenvalue weighted by Crippen LogP contribution is 2.45. The maximum Gasteiger partial charge on any atom is 0.302 e. The van der Waals surface area contributed by atoms with Gasteiger partial charge in [-0.25, -0.2) is 0 Å². The molecule has 0 amide bonds. The number of phenolic OH excluding ortho intramolecular Hbond substituents is 3. The van der Waals surface area contributed by atoms with E-state index < -0.39 is 60.6 Å². The van der Waals surface area contributed by atoms with Gasteiger partial charge in [-0.2, -0.15) is 0 Å². The van der Waals surface area contributed by atoms with Gasteiger partial charge >= 0.3 is 5.97 Å². The van der Waals surface area contributed by atoms with E-state index in [1.807, 2.05) is 0 Å². The molecule has 2 aliphatic rings. The first-order valence-corrected chi connectivity index (χ1v) is 10.4. The summed E-state index contributed by atoms with van der Waals surface area (Å²) < 4.78 is 21.2. The van der Waals surface area contributed by atoms with E-state index in [1.54, 1.807) is 0 Å². The number of ketones is 1. The lowest BCUT2D eigenvalue weighted by molar-refractivity contribution is -0.278. The number of aliphatic hydroxyl groups is 3. The highest BCUT2D eigenvalue weighted by Gasteiger charge is 2.46. The normalized spacial score (nSPS) is 26.8. The molecule has 2 aromatic rings. The SMILES string of the molecule is CC(=O)OCC1OC(Oc2ccc3c(c2O)OC(=Cc2ccc(O)c(O)c2)C3=O)C(O)C(O)C1O. The maximum absolute atomic E-state index is 12.7. The van der Waals surface area contributed by atoms with Crippen LogP contribution < -0.4 is 9.47 Å². The Morgan fingerprint density at radius 3 is 2.46 bits per heavy atom. The van der Waals surface area contributed by atoms with Gasteiger partial charge in [-0.1, -0.05) is 6.07 Å². The zero-order valence-corrected chi connectivity index (χ0v) is 18.2. The van der Waals surface area contributed by atoms with Crippen LogP contribution in [0.3, 0.4) is 0 Å². The van der Waals surface area contributed by atoms with Gasteiger partial charge in [0.2, 0.25) is 17.8 Å². The van der Waals surface area contributed by atoms with Gasteiger partial charge in [0.15, 0.2) is 28.8 Å². The summed E-state index contributed by atoms with van der Waals surface area (Å²) in [4.78, 5) is 23.7. The van der Waals surface area contributed by atoms with Gasteiger partial charge in [0.25, 0.3) is 0 Å². The fourth-order valence-corrected chi connectivity index (χ4v) is 3.57. The number of esters is 1. The number of aromatic hydroxyl groups is 3. The standard InChI is InChI=1S/C23H22O12/c1-9(24)32-8-16-18(28)20(30)21(31)23(35-16)34-14-5-3-11-17(27)15(33-22(11)19(14)29)7-10-2-4-12(25)13(26)6-10/h2-7,16,18,20-21,23,25-26,28-31H,8H2,1H3.